The maximum atomic E-state index is 13.4. The standard InChI is InChI=1S/C20H16FN3OS/c1-11-5-6-15-16(7-11)26-20-17(15)19(25)23-18(24-20)13(10-22)8-12-3-2-4-14(21)9-12/h2-4,8-9,11H,5-7H2,1H3,(H,23,24,25)/b13-8-. The van der Waals surface area contributed by atoms with Crippen LogP contribution >= 0.6 is 11.3 Å². The minimum Gasteiger partial charge on any atom is -0.305 e. The second-order valence-electron chi connectivity index (χ2n) is 6.67. The molecule has 1 atom stereocenters. The highest BCUT2D eigenvalue weighted by Gasteiger charge is 2.23. The lowest BCUT2D eigenvalue weighted by Gasteiger charge is -2.17. The number of nitrogens with one attached hydrogen (secondary N) is 1. The average molecular weight is 365 g/mol. The number of aryl methyl sites for hydroxylation is 1. The molecular weight excluding hydrogens is 349 g/mol. The summed E-state index contributed by atoms with van der Waals surface area (Å²) in [5.41, 5.74) is 1.64. The number of hydrogen-bond acceptors (Lipinski definition) is 4. The lowest BCUT2D eigenvalue weighted by molar-refractivity contribution is 0.509. The molecule has 0 saturated carbocycles. The Hall–Kier alpha value is -2.78. The van der Waals surface area contributed by atoms with E-state index in [4.69, 9.17) is 0 Å². The zero-order chi connectivity index (χ0) is 18.3. The molecule has 1 N–H and O–H groups in total. The Morgan fingerprint density at radius 1 is 1.50 bits per heavy atom. The molecule has 1 aliphatic rings. The number of allylic oxidation sites excluding steroid dienone is 1. The molecule has 2 aromatic heterocycles. The van der Waals surface area contributed by atoms with Crippen LogP contribution in [0, 0.1) is 23.1 Å². The second kappa shape index (κ2) is 6.50. The summed E-state index contributed by atoms with van der Waals surface area (Å²) in [7, 11) is 0. The van der Waals surface area contributed by atoms with Gasteiger partial charge >= 0.3 is 0 Å². The number of fused-ring (bicyclic) bond motifs is 3. The fourth-order valence-corrected chi connectivity index (χ4v) is 4.78. The van der Waals surface area contributed by atoms with Crippen LogP contribution in [0.25, 0.3) is 21.9 Å². The van der Waals surface area contributed by atoms with E-state index in [9.17, 15) is 14.4 Å². The van der Waals surface area contributed by atoms with Gasteiger partial charge in [0.05, 0.1) is 11.0 Å². The Bertz CT molecular complexity index is 1140. The van der Waals surface area contributed by atoms with Crippen molar-refractivity contribution in [3.8, 4) is 6.07 Å². The molecule has 4 nitrogen and oxygen atoms in total. The van der Waals surface area contributed by atoms with Crippen molar-refractivity contribution < 1.29 is 4.39 Å². The van der Waals surface area contributed by atoms with Gasteiger partial charge in [0, 0.05) is 4.88 Å². The van der Waals surface area contributed by atoms with E-state index in [2.05, 4.69) is 23.0 Å². The van der Waals surface area contributed by atoms with E-state index in [1.165, 1.54) is 23.1 Å². The first kappa shape index (κ1) is 16.7. The molecule has 0 aliphatic heterocycles. The van der Waals surface area contributed by atoms with Crippen molar-refractivity contribution in [1.29, 1.82) is 5.26 Å². The molecule has 0 spiro atoms. The van der Waals surface area contributed by atoms with E-state index in [1.807, 2.05) is 0 Å². The third kappa shape index (κ3) is 2.95. The van der Waals surface area contributed by atoms with Crippen LogP contribution in [0.5, 0.6) is 0 Å². The number of hydrogen-bond donors (Lipinski definition) is 1. The number of rotatable bonds is 2. The summed E-state index contributed by atoms with van der Waals surface area (Å²) >= 11 is 1.54. The lowest BCUT2D eigenvalue weighted by Crippen LogP contribution is -2.14. The molecule has 0 radical (unpaired) electrons. The summed E-state index contributed by atoms with van der Waals surface area (Å²) in [5, 5.41) is 10.2. The van der Waals surface area contributed by atoms with Gasteiger partial charge in [0.1, 0.15) is 16.7 Å². The number of thiophene rings is 1. The molecule has 130 valence electrons. The van der Waals surface area contributed by atoms with Gasteiger partial charge in [0.15, 0.2) is 5.82 Å². The summed E-state index contributed by atoms with van der Waals surface area (Å²) in [6.07, 6.45) is 4.46. The van der Waals surface area contributed by atoms with Gasteiger partial charge in [-0.1, -0.05) is 19.1 Å². The quantitative estimate of drug-likeness (QED) is 0.688. The summed E-state index contributed by atoms with van der Waals surface area (Å²) in [6, 6.07) is 8.00. The van der Waals surface area contributed by atoms with E-state index in [0.717, 1.165) is 24.8 Å². The molecule has 1 aromatic carbocycles. The van der Waals surface area contributed by atoms with E-state index < -0.39 is 0 Å². The van der Waals surface area contributed by atoms with E-state index in [1.54, 1.807) is 23.5 Å². The van der Waals surface area contributed by atoms with Gasteiger partial charge in [0.25, 0.3) is 5.56 Å². The summed E-state index contributed by atoms with van der Waals surface area (Å²) in [4.78, 5) is 21.8. The topological polar surface area (TPSA) is 69.5 Å². The van der Waals surface area contributed by atoms with Crippen LogP contribution in [0.4, 0.5) is 4.39 Å². The van der Waals surface area contributed by atoms with Crippen LogP contribution in [0.1, 0.15) is 35.2 Å². The highest BCUT2D eigenvalue weighted by atomic mass is 32.1. The number of nitrogens with zero attached hydrogens (tertiary/aromatic N) is 2. The Morgan fingerprint density at radius 2 is 2.35 bits per heavy atom. The Labute approximate surface area is 153 Å². The lowest BCUT2D eigenvalue weighted by atomic mass is 9.89. The zero-order valence-electron chi connectivity index (χ0n) is 14.2. The van der Waals surface area contributed by atoms with Gasteiger partial charge in [-0.3, -0.25) is 4.79 Å². The van der Waals surface area contributed by atoms with Gasteiger partial charge in [-0.25, -0.2) is 9.37 Å². The van der Waals surface area contributed by atoms with Gasteiger partial charge in [0.2, 0.25) is 0 Å². The number of halogens is 1. The number of aromatic nitrogens is 2. The highest BCUT2D eigenvalue weighted by molar-refractivity contribution is 7.18. The fourth-order valence-electron chi connectivity index (χ4n) is 3.39. The molecule has 2 heterocycles. The maximum Gasteiger partial charge on any atom is 0.260 e. The van der Waals surface area contributed by atoms with Crippen LogP contribution < -0.4 is 5.56 Å². The normalized spacial score (nSPS) is 17.1. The third-order valence-corrected chi connectivity index (χ3v) is 5.85. The Balaban J connectivity index is 1.84. The number of benzene rings is 1. The molecule has 6 heteroatoms. The number of nitriles is 1. The Morgan fingerprint density at radius 3 is 3.12 bits per heavy atom. The van der Waals surface area contributed by atoms with Gasteiger partial charge in [-0.2, -0.15) is 5.26 Å². The predicted octanol–water partition coefficient (Wildman–Crippen LogP) is 4.31. The summed E-state index contributed by atoms with van der Waals surface area (Å²) < 4.78 is 13.4. The fraction of sp³-hybridized carbons (Fsp3) is 0.250. The van der Waals surface area contributed by atoms with Gasteiger partial charge in [-0.05, 0) is 54.5 Å². The zero-order valence-corrected chi connectivity index (χ0v) is 15.0. The molecule has 0 fully saturated rings. The Kier molecular flexibility index (Phi) is 4.17. The first-order valence-corrected chi connectivity index (χ1v) is 9.29. The minimum absolute atomic E-state index is 0.203. The minimum atomic E-state index is -0.381. The number of aromatic amines is 1. The predicted molar refractivity (Wildman–Crippen MR) is 101 cm³/mol. The molecule has 1 aliphatic carbocycles. The van der Waals surface area contributed by atoms with Crippen LogP contribution in [0.2, 0.25) is 0 Å². The number of H-pyrrole nitrogens is 1. The van der Waals surface area contributed by atoms with Crippen LogP contribution in [0.15, 0.2) is 29.1 Å². The average Bonchev–Trinajstić information content (AvgIpc) is 2.97. The van der Waals surface area contributed by atoms with E-state index >= 15 is 0 Å². The first-order valence-electron chi connectivity index (χ1n) is 8.47. The SMILES string of the molecule is CC1CCc2c(sc3nc(/C(C#N)=C\c4cccc(F)c4)[nH]c(=O)c23)C1. The maximum absolute atomic E-state index is 13.4. The van der Waals surface area contributed by atoms with E-state index in [0.29, 0.717) is 21.7 Å². The molecule has 0 bridgehead atoms. The molecule has 0 saturated heterocycles. The van der Waals surface area contributed by atoms with Crippen molar-refractivity contribution in [2.24, 2.45) is 5.92 Å². The molecule has 26 heavy (non-hydrogen) atoms. The first-order chi connectivity index (χ1) is 12.5. The van der Waals surface area contributed by atoms with Crippen molar-refractivity contribution in [2.45, 2.75) is 26.2 Å². The highest BCUT2D eigenvalue weighted by Crippen LogP contribution is 2.35. The molecule has 1 unspecified atom stereocenters. The largest absolute Gasteiger partial charge is 0.305 e. The summed E-state index contributed by atoms with van der Waals surface area (Å²) in [5.74, 6) is 0.450. The summed E-state index contributed by atoms with van der Waals surface area (Å²) in [6.45, 7) is 2.21. The van der Waals surface area contributed by atoms with Crippen molar-refractivity contribution in [3.05, 3.63) is 62.3 Å². The van der Waals surface area contributed by atoms with Gasteiger partial charge in [-0.15, -0.1) is 11.3 Å². The molecule has 4 rings (SSSR count). The third-order valence-electron chi connectivity index (χ3n) is 4.70. The van der Waals surface area contributed by atoms with Crippen LogP contribution in [0.3, 0.4) is 0 Å². The van der Waals surface area contributed by atoms with Gasteiger partial charge < -0.3 is 4.98 Å². The van der Waals surface area contributed by atoms with Crippen molar-refractivity contribution >= 4 is 33.2 Å². The monoisotopic (exact) mass is 365 g/mol. The van der Waals surface area contributed by atoms with Crippen LogP contribution in [-0.2, 0) is 12.8 Å². The van der Waals surface area contributed by atoms with Crippen molar-refractivity contribution in [2.75, 3.05) is 0 Å². The molecule has 3 aromatic rings. The van der Waals surface area contributed by atoms with Crippen molar-refractivity contribution in [3.63, 3.8) is 0 Å². The molecule has 0 amide bonds. The van der Waals surface area contributed by atoms with Crippen LogP contribution in [-0.4, -0.2) is 9.97 Å². The smallest absolute Gasteiger partial charge is 0.260 e. The molecular formula is C20H16FN3OS. The van der Waals surface area contributed by atoms with Crippen molar-refractivity contribution in [1.82, 2.24) is 9.97 Å². The second-order valence-corrected chi connectivity index (χ2v) is 7.75. The van der Waals surface area contributed by atoms with E-state index in [-0.39, 0.29) is 22.8 Å².